The summed E-state index contributed by atoms with van der Waals surface area (Å²) in [6, 6.07) is 0.297. The molecule has 1 unspecified atom stereocenters. The van der Waals surface area contributed by atoms with Crippen molar-refractivity contribution in [1.82, 2.24) is 4.90 Å². The SMILES string of the molecule is CC(C)(C)C1=NC(C(C)(C)C)C(C(C)(C)C)=C2CCCCN12. The van der Waals surface area contributed by atoms with Crippen molar-refractivity contribution in [1.29, 1.82) is 0 Å². The van der Waals surface area contributed by atoms with Gasteiger partial charge in [-0.1, -0.05) is 62.3 Å². The largest absolute Gasteiger partial charge is 0.333 e. The molecule has 0 bridgehead atoms. The van der Waals surface area contributed by atoms with E-state index in [9.17, 15) is 0 Å². The van der Waals surface area contributed by atoms with Crippen LogP contribution in [0, 0.1) is 16.2 Å². The Morgan fingerprint density at radius 3 is 1.91 bits per heavy atom. The molecule has 2 heterocycles. The summed E-state index contributed by atoms with van der Waals surface area (Å²) in [6.45, 7) is 22.2. The van der Waals surface area contributed by atoms with E-state index >= 15 is 0 Å². The molecule has 0 N–H and O–H groups in total. The molecule has 2 nitrogen and oxygen atoms in total. The highest BCUT2D eigenvalue weighted by atomic mass is 15.2. The van der Waals surface area contributed by atoms with Gasteiger partial charge in [0.1, 0.15) is 5.84 Å². The number of hydrogen-bond acceptors (Lipinski definition) is 2. The van der Waals surface area contributed by atoms with Crippen LogP contribution in [0.15, 0.2) is 16.3 Å². The molecule has 0 aromatic rings. The molecule has 2 aliphatic rings. The Bertz CT molecular complexity index is 489. The number of amidine groups is 1. The van der Waals surface area contributed by atoms with Crippen molar-refractivity contribution < 1.29 is 0 Å². The van der Waals surface area contributed by atoms with Gasteiger partial charge >= 0.3 is 0 Å². The van der Waals surface area contributed by atoms with Crippen LogP contribution in [0.2, 0.25) is 0 Å². The number of rotatable bonds is 0. The highest BCUT2D eigenvalue weighted by Gasteiger charge is 2.43. The Morgan fingerprint density at radius 1 is 0.864 bits per heavy atom. The fourth-order valence-electron chi connectivity index (χ4n) is 3.83. The fourth-order valence-corrected chi connectivity index (χ4v) is 3.83. The molecular formula is C20H36N2. The molecule has 2 aliphatic heterocycles. The minimum atomic E-state index is 0.107. The first kappa shape index (κ1) is 17.6. The topological polar surface area (TPSA) is 15.6 Å². The molecule has 2 heteroatoms. The number of hydrogen-bond donors (Lipinski definition) is 0. The Kier molecular flexibility index (Phi) is 4.30. The summed E-state index contributed by atoms with van der Waals surface area (Å²) in [5.41, 5.74) is 3.60. The second kappa shape index (κ2) is 5.39. The van der Waals surface area contributed by atoms with Gasteiger partial charge in [0.15, 0.2) is 0 Å². The van der Waals surface area contributed by atoms with Gasteiger partial charge in [0.25, 0.3) is 0 Å². The van der Waals surface area contributed by atoms with Gasteiger partial charge in [-0.15, -0.1) is 0 Å². The molecule has 0 amide bonds. The van der Waals surface area contributed by atoms with E-state index in [-0.39, 0.29) is 16.2 Å². The zero-order chi connectivity index (χ0) is 16.9. The third-order valence-corrected chi connectivity index (χ3v) is 4.76. The van der Waals surface area contributed by atoms with Gasteiger partial charge in [-0.3, -0.25) is 4.99 Å². The number of nitrogens with zero attached hydrogens (tertiary/aromatic N) is 2. The summed E-state index contributed by atoms with van der Waals surface area (Å²) >= 11 is 0. The first-order valence-corrected chi connectivity index (χ1v) is 8.93. The summed E-state index contributed by atoms with van der Waals surface area (Å²) in [5.74, 6) is 1.30. The molecule has 0 radical (unpaired) electrons. The molecule has 0 aromatic heterocycles. The highest BCUT2D eigenvalue weighted by Crippen LogP contribution is 2.46. The second-order valence-electron chi connectivity index (χ2n) is 10.2. The third-order valence-electron chi connectivity index (χ3n) is 4.76. The first-order chi connectivity index (χ1) is 9.83. The molecule has 126 valence electrons. The normalized spacial score (nSPS) is 24.3. The van der Waals surface area contributed by atoms with Crippen molar-refractivity contribution in [3.63, 3.8) is 0 Å². The number of piperidine rings is 1. The molecule has 1 saturated heterocycles. The lowest BCUT2D eigenvalue weighted by Gasteiger charge is -2.49. The maximum atomic E-state index is 5.34. The lowest BCUT2D eigenvalue weighted by atomic mass is 9.69. The van der Waals surface area contributed by atoms with Crippen molar-refractivity contribution >= 4 is 5.84 Å². The van der Waals surface area contributed by atoms with Crippen LogP contribution >= 0.6 is 0 Å². The van der Waals surface area contributed by atoms with Gasteiger partial charge in [-0.25, -0.2) is 0 Å². The van der Waals surface area contributed by atoms with E-state index in [1.807, 2.05) is 0 Å². The summed E-state index contributed by atoms with van der Waals surface area (Å²) < 4.78 is 0. The third kappa shape index (κ3) is 3.26. The monoisotopic (exact) mass is 304 g/mol. The van der Waals surface area contributed by atoms with E-state index < -0.39 is 0 Å². The van der Waals surface area contributed by atoms with Crippen LogP contribution in [0.4, 0.5) is 0 Å². The molecule has 2 rings (SSSR count). The van der Waals surface area contributed by atoms with Crippen molar-refractivity contribution in [3.05, 3.63) is 11.3 Å². The quantitative estimate of drug-likeness (QED) is 0.565. The van der Waals surface area contributed by atoms with Gasteiger partial charge in [0, 0.05) is 17.7 Å². The molecule has 1 atom stereocenters. The summed E-state index contributed by atoms with van der Waals surface area (Å²) in [4.78, 5) is 7.90. The predicted molar refractivity (Wildman–Crippen MR) is 97.2 cm³/mol. The molecule has 0 saturated carbocycles. The standard InChI is InChI=1S/C20H36N2/c1-18(2,3)15-14-12-10-11-13-22(14)17(20(7,8)9)21-16(15)19(4,5)6/h16H,10-13H2,1-9H3. The Labute approximate surface area is 138 Å². The number of allylic oxidation sites excluding steroid dienone is 1. The van der Waals surface area contributed by atoms with Crippen molar-refractivity contribution in [2.75, 3.05) is 6.54 Å². The first-order valence-electron chi connectivity index (χ1n) is 8.93. The van der Waals surface area contributed by atoms with E-state index in [4.69, 9.17) is 4.99 Å². The van der Waals surface area contributed by atoms with Gasteiger partial charge in [0.05, 0.1) is 6.04 Å². The van der Waals surface area contributed by atoms with Crippen LogP contribution in [0.5, 0.6) is 0 Å². The van der Waals surface area contributed by atoms with E-state index in [1.165, 1.54) is 25.1 Å². The van der Waals surface area contributed by atoms with E-state index in [1.54, 1.807) is 11.3 Å². The van der Waals surface area contributed by atoms with Crippen molar-refractivity contribution in [2.24, 2.45) is 21.2 Å². The average Bonchev–Trinajstić information content (AvgIpc) is 2.33. The molecule has 1 fully saturated rings. The van der Waals surface area contributed by atoms with Crippen LogP contribution in [0.25, 0.3) is 0 Å². The van der Waals surface area contributed by atoms with E-state index in [0.29, 0.717) is 6.04 Å². The minimum Gasteiger partial charge on any atom is -0.333 e. The van der Waals surface area contributed by atoms with Crippen LogP contribution < -0.4 is 0 Å². The van der Waals surface area contributed by atoms with Gasteiger partial charge < -0.3 is 4.90 Å². The Hall–Kier alpha value is -0.790. The molecule has 0 spiro atoms. The summed E-state index contributed by atoms with van der Waals surface area (Å²) in [5, 5.41) is 0. The number of aliphatic imine (C=N–C) groups is 1. The summed E-state index contributed by atoms with van der Waals surface area (Å²) in [7, 11) is 0. The molecule has 0 aliphatic carbocycles. The number of fused-ring (bicyclic) bond motifs is 1. The highest BCUT2D eigenvalue weighted by molar-refractivity contribution is 5.90. The van der Waals surface area contributed by atoms with E-state index in [0.717, 1.165) is 6.54 Å². The zero-order valence-corrected chi connectivity index (χ0v) is 16.3. The van der Waals surface area contributed by atoms with E-state index in [2.05, 4.69) is 67.2 Å². The lowest BCUT2D eigenvalue weighted by molar-refractivity contribution is 0.263. The average molecular weight is 305 g/mol. The van der Waals surface area contributed by atoms with Gasteiger partial charge in [-0.05, 0) is 35.7 Å². The molecule has 0 aromatic carbocycles. The van der Waals surface area contributed by atoms with Crippen LogP contribution in [-0.2, 0) is 0 Å². The maximum absolute atomic E-state index is 5.34. The smallest absolute Gasteiger partial charge is 0.109 e. The maximum Gasteiger partial charge on any atom is 0.109 e. The van der Waals surface area contributed by atoms with Crippen LogP contribution in [-0.4, -0.2) is 23.3 Å². The van der Waals surface area contributed by atoms with Crippen LogP contribution in [0.3, 0.4) is 0 Å². The van der Waals surface area contributed by atoms with Gasteiger partial charge in [0.2, 0.25) is 0 Å². The molecular weight excluding hydrogens is 268 g/mol. The molecule has 22 heavy (non-hydrogen) atoms. The second-order valence-corrected chi connectivity index (χ2v) is 10.2. The fraction of sp³-hybridized carbons (Fsp3) is 0.850. The minimum absolute atomic E-state index is 0.107. The zero-order valence-electron chi connectivity index (χ0n) is 16.3. The summed E-state index contributed by atoms with van der Waals surface area (Å²) in [6.07, 6.45) is 3.82. The lowest BCUT2D eigenvalue weighted by Crippen LogP contribution is -2.49. The van der Waals surface area contributed by atoms with Crippen molar-refractivity contribution in [2.45, 2.75) is 87.6 Å². The Balaban J connectivity index is 2.65. The van der Waals surface area contributed by atoms with Crippen LogP contribution in [0.1, 0.15) is 81.6 Å². The van der Waals surface area contributed by atoms with Crippen molar-refractivity contribution in [3.8, 4) is 0 Å². The van der Waals surface area contributed by atoms with Gasteiger partial charge in [-0.2, -0.15) is 0 Å². The Morgan fingerprint density at radius 2 is 1.45 bits per heavy atom. The predicted octanol–water partition coefficient (Wildman–Crippen LogP) is 5.65.